The quantitative estimate of drug-likeness (QED) is 0.810. The van der Waals surface area contributed by atoms with Crippen molar-refractivity contribution in [2.24, 2.45) is 0 Å². The van der Waals surface area contributed by atoms with Gasteiger partial charge in [0.05, 0.1) is 11.0 Å². The highest BCUT2D eigenvalue weighted by molar-refractivity contribution is 5.96. The number of nitrogens with one attached hydrogen (secondary N) is 1. The number of likely N-dealkylation sites (N-methyl/N-ethyl adjacent to an activating group) is 1. The Labute approximate surface area is 128 Å². The van der Waals surface area contributed by atoms with E-state index in [2.05, 4.69) is 15.0 Å². The first-order valence-corrected chi connectivity index (χ1v) is 6.84. The molecule has 0 aliphatic rings. The number of amides is 1. The highest BCUT2D eigenvalue weighted by Gasteiger charge is 2.17. The van der Waals surface area contributed by atoms with Crippen molar-refractivity contribution in [3.63, 3.8) is 0 Å². The second-order valence-corrected chi connectivity index (χ2v) is 5.81. The zero-order chi connectivity index (χ0) is 16.3. The van der Waals surface area contributed by atoms with Crippen molar-refractivity contribution in [2.75, 3.05) is 20.7 Å². The minimum atomic E-state index is -0.968. The Bertz CT molecular complexity index is 698. The van der Waals surface area contributed by atoms with Gasteiger partial charge in [-0.2, -0.15) is 0 Å². The molecular weight excluding hydrogens is 284 g/mol. The smallest absolute Gasteiger partial charge is 0.246 e. The molecule has 7 heteroatoms. The van der Waals surface area contributed by atoms with Crippen LogP contribution in [0.5, 0.6) is 5.88 Å². The van der Waals surface area contributed by atoms with Gasteiger partial charge in [-0.05, 0) is 19.9 Å². The van der Waals surface area contributed by atoms with Gasteiger partial charge in [-0.3, -0.25) is 4.79 Å². The number of nitrogens with zero attached hydrogens (tertiary/aromatic N) is 3. The monoisotopic (exact) mass is 304 g/mol. The van der Waals surface area contributed by atoms with Crippen LogP contribution in [0.15, 0.2) is 18.6 Å². The van der Waals surface area contributed by atoms with Crippen LogP contribution in [0.25, 0.3) is 17.1 Å². The number of aromatic amines is 1. The van der Waals surface area contributed by atoms with Crippen LogP contribution in [0.4, 0.5) is 0 Å². The molecule has 22 heavy (non-hydrogen) atoms. The maximum absolute atomic E-state index is 11.6. The van der Waals surface area contributed by atoms with Crippen molar-refractivity contribution < 1.29 is 14.6 Å². The van der Waals surface area contributed by atoms with E-state index in [4.69, 9.17) is 4.74 Å². The third-order valence-electron chi connectivity index (χ3n) is 2.87. The molecule has 7 nitrogen and oxygen atoms in total. The first kappa shape index (κ1) is 16.0. The van der Waals surface area contributed by atoms with E-state index >= 15 is 0 Å². The topological polar surface area (TPSA) is 91.3 Å². The fourth-order valence-corrected chi connectivity index (χ4v) is 1.75. The first-order valence-electron chi connectivity index (χ1n) is 6.84. The van der Waals surface area contributed by atoms with Crippen LogP contribution in [0.1, 0.15) is 19.4 Å². The van der Waals surface area contributed by atoms with Crippen molar-refractivity contribution in [1.82, 2.24) is 19.9 Å². The van der Waals surface area contributed by atoms with Crippen LogP contribution < -0.4 is 4.74 Å². The van der Waals surface area contributed by atoms with Gasteiger partial charge in [0.15, 0.2) is 0 Å². The van der Waals surface area contributed by atoms with Crippen molar-refractivity contribution in [1.29, 1.82) is 0 Å². The van der Waals surface area contributed by atoms with Gasteiger partial charge in [0, 0.05) is 31.9 Å². The molecule has 118 valence electrons. The molecule has 2 rings (SSSR count). The van der Waals surface area contributed by atoms with E-state index in [1.54, 1.807) is 40.2 Å². The molecular formula is C15H20N4O3. The lowest BCUT2D eigenvalue weighted by molar-refractivity contribution is -0.123. The van der Waals surface area contributed by atoms with E-state index in [0.29, 0.717) is 16.9 Å². The Balaban J connectivity index is 2.34. The number of rotatable bonds is 5. The van der Waals surface area contributed by atoms with Crippen molar-refractivity contribution in [2.45, 2.75) is 19.4 Å². The van der Waals surface area contributed by atoms with Crippen LogP contribution in [-0.2, 0) is 4.79 Å². The number of fused-ring (bicyclic) bond motifs is 1. The number of aliphatic hydroxyl groups is 1. The van der Waals surface area contributed by atoms with E-state index in [1.807, 2.05) is 0 Å². The maximum Gasteiger partial charge on any atom is 0.246 e. The maximum atomic E-state index is 11.6. The van der Waals surface area contributed by atoms with Crippen molar-refractivity contribution in [3.05, 3.63) is 24.2 Å². The van der Waals surface area contributed by atoms with E-state index in [1.165, 1.54) is 17.3 Å². The van der Waals surface area contributed by atoms with Gasteiger partial charge in [-0.25, -0.2) is 9.97 Å². The van der Waals surface area contributed by atoms with Crippen molar-refractivity contribution in [3.8, 4) is 5.88 Å². The largest absolute Gasteiger partial charge is 0.474 e. The molecule has 1 amide bonds. The average Bonchev–Trinajstić information content (AvgIpc) is 2.85. The van der Waals surface area contributed by atoms with Crippen LogP contribution in [0.3, 0.4) is 0 Å². The highest BCUT2D eigenvalue weighted by atomic mass is 16.5. The number of H-pyrrole nitrogens is 1. The summed E-state index contributed by atoms with van der Waals surface area (Å²) in [5, 5.41) is 10.4. The summed E-state index contributed by atoms with van der Waals surface area (Å²) in [5.74, 6) is 0.246. The van der Waals surface area contributed by atoms with Crippen LogP contribution in [0, 0.1) is 0 Å². The molecule has 2 N–H and O–H groups in total. The molecule has 0 unspecified atom stereocenters. The molecule has 2 aromatic heterocycles. The zero-order valence-corrected chi connectivity index (χ0v) is 13.1. The molecule has 0 aliphatic heterocycles. The molecule has 0 aromatic carbocycles. The second kappa shape index (κ2) is 6.15. The van der Waals surface area contributed by atoms with Crippen LogP contribution in [0.2, 0.25) is 0 Å². The Morgan fingerprint density at radius 3 is 2.82 bits per heavy atom. The number of ether oxygens (including phenoxy) is 1. The summed E-state index contributed by atoms with van der Waals surface area (Å²) in [6.07, 6.45) is 6.27. The van der Waals surface area contributed by atoms with Crippen molar-refractivity contribution >= 4 is 23.0 Å². The van der Waals surface area contributed by atoms with Gasteiger partial charge in [-0.1, -0.05) is 0 Å². The van der Waals surface area contributed by atoms with Gasteiger partial charge in [0.2, 0.25) is 11.8 Å². The lowest BCUT2D eigenvalue weighted by atomic mass is 10.2. The summed E-state index contributed by atoms with van der Waals surface area (Å²) in [6.45, 7) is 3.40. The van der Waals surface area contributed by atoms with Crippen LogP contribution >= 0.6 is 0 Å². The zero-order valence-electron chi connectivity index (χ0n) is 13.1. The Hall–Kier alpha value is -2.41. The molecule has 0 fully saturated rings. The molecule has 0 aliphatic carbocycles. The summed E-state index contributed by atoms with van der Waals surface area (Å²) in [5.41, 5.74) is 0.388. The lowest BCUT2D eigenvalue weighted by Crippen LogP contribution is -2.28. The fourth-order valence-electron chi connectivity index (χ4n) is 1.75. The molecule has 2 aromatic rings. The van der Waals surface area contributed by atoms with Gasteiger partial charge in [0.25, 0.3) is 0 Å². The number of hydrogen-bond donors (Lipinski definition) is 2. The number of aromatic nitrogens is 3. The number of carbonyl (C=O) groups excluding carboxylic acids is 1. The molecule has 2 heterocycles. The molecule has 0 saturated carbocycles. The van der Waals surface area contributed by atoms with E-state index in [9.17, 15) is 9.90 Å². The van der Waals surface area contributed by atoms with E-state index in [0.717, 1.165) is 5.56 Å². The number of hydrogen-bond acceptors (Lipinski definition) is 5. The molecule has 0 atom stereocenters. The average molecular weight is 304 g/mol. The molecule has 0 spiro atoms. The van der Waals surface area contributed by atoms with Gasteiger partial charge < -0.3 is 19.7 Å². The highest BCUT2D eigenvalue weighted by Crippen LogP contribution is 2.26. The Kier molecular flexibility index (Phi) is 4.46. The minimum absolute atomic E-state index is 0.101. The van der Waals surface area contributed by atoms with Gasteiger partial charge in [0.1, 0.15) is 18.6 Å². The standard InChI is InChI=1S/C15H20N4O3/c1-15(2,21)8-22-14-12-10(5-6-11(20)19(3)4)7-16-13(12)17-9-18-14/h5-7,9,21H,8H2,1-4H3,(H,16,17,18). The Morgan fingerprint density at radius 1 is 1.45 bits per heavy atom. The summed E-state index contributed by atoms with van der Waals surface area (Å²) in [7, 11) is 3.37. The van der Waals surface area contributed by atoms with Gasteiger partial charge in [-0.15, -0.1) is 0 Å². The predicted octanol–water partition coefficient (Wildman–Crippen LogP) is 1.21. The number of carbonyl (C=O) groups is 1. The SMILES string of the molecule is CN(C)C(=O)C=Cc1c[nH]c2ncnc(OCC(C)(C)O)c12. The summed E-state index contributed by atoms with van der Waals surface area (Å²) < 4.78 is 5.59. The van der Waals surface area contributed by atoms with Crippen LogP contribution in [-0.4, -0.2) is 57.2 Å². The lowest BCUT2D eigenvalue weighted by Gasteiger charge is -2.17. The fraction of sp³-hybridized carbons (Fsp3) is 0.400. The van der Waals surface area contributed by atoms with E-state index < -0.39 is 5.60 Å². The first-order chi connectivity index (χ1) is 10.3. The third kappa shape index (κ3) is 3.82. The minimum Gasteiger partial charge on any atom is -0.474 e. The van der Waals surface area contributed by atoms with Gasteiger partial charge >= 0.3 is 0 Å². The predicted molar refractivity (Wildman–Crippen MR) is 83.4 cm³/mol. The normalized spacial score (nSPS) is 12.0. The molecule has 0 bridgehead atoms. The summed E-state index contributed by atoms with van der Waals surface area (Å²) in [6, 6.07) is 0. The van der Waals surface area contributed by atoms with E-state index in [-0.39, 0.29) is 12.5 Å². The molecule has 0 saturated heterocycles. The Morgan fingerprint density at radius 2 is 2.18 bits per heavy atom. The summed E-state index contributed by atoms with van der Waals surface area (Å²) >= 11 is 0. The third-order valence-corrected chi connectivity index (χ3v) is 2.87. The summed E-state index contributed by atoms with van der Waals surface area (Å²) in [4.78, 5) is 24.4. The second-order valence-electron chi connectivity index (χ2n) is 5.81. The molecule has 0 radical (unpaired) electrons.